The molecular weight excluding hydrogens is 518 g/mol. The predicted molar refractivity (Wildman–Crippen MR) is 167 cm³/mol. The number of hydrazone groups is 1. The van der Waals surface area contributed by atoms with Gasteiger partial charge in [-0.1, -0.05) is 49.1 Å². The first-order chi connectivity index (χ1) is 19.4. The highest BCUT2D eigenvalue weighted by Crippen LogP contribution is 2.33. The Bertz CT molecular complexity index is 1390. The molecule has 1 saturated carbocycles. The SMILES string of the molecule is CCN(CCOc1ccc(C2CCCCC2)cc1)c1ccc(/C=C2/C(=O)N(c3ccc(Cl)cc3)N=C2C)c(C)c1. The van der Waals surface area contributed by atoms with Crippen molar-refractivity contribution >= 4 is 40.7 Å². The second kappa shape index (κ2) is 12.7. The summed E-state index contributed by atoms with van der Waals surface area (Å²) in [5.74, 6) is 1.51. The smallest absolute Gasteiger partial charge is 0.280 e. The fraction of sp³-hybridized carbons (Fsp3) is 0.353. The van der Waals surface area contributed by atoms with Crippen molar-refractivity contribution in [2.45, 2.75) is 58.8 Å². The molecule has 0 atom stereocenters. The molecule has 0 saturated heterocycles. The van der Waals surface area contributed by atoms with Crippen LogP contribution in [0.25, 0.3) is 6.08 Å². The van der Waals surface area contributed by atoms with E-state index in [-0.39, 0.29) is 5.91 Å². The summed E-state index contributed by atoms with van der Waals surface area (Å²) in [5, 5.41) is 6.55. The van der Waals surface area contributed by atoms with E-state index < -0.39 is 0 Å². The van der Waals surface area contributed by atoms with Gasteiger partial charge in [0.2, 0.25) is 0 Å². The third-order valence-electron chi connectivity index (χ3n) is 8.02. The predicted octanol–water partition coefficient (Wildman–Crippen LogP) is 8.41. The molecule has 3 aromatic carbocycles. The zero-order valence-electron chi connectivity index (χ0n) is 23.7. The minimum Gasteiger partial charge on any atom is -0.492 e. The van der Waals surface area contributed by atoms with Crippen LogP contribution in [0.4, 0.5) is 11.4 Å². The number of hydrogen-bond acceptors (Lipinski definition) is 4. The van der Waals surface area contributed by atoms with Gasteiger partial charge in [-0.25, -0.2) is 0 Å². The lowest BCUT2D eigenvalue weighted by molar-refractivity contribution is -0.114. The number of carbonyl (C=O) groups excluding carboxylic acids is 1. The standard InChI is InChI=1S/C34H38ClN3O2/c1-4-37(20-21-40-32-18-11-27(12-19-32)26-8-6-5-7-9-26)31-15-10-28(24(2)22-31)23-33-25(3)36-38(34(33)39)30-16-13-29(35)14-17-30/h10-19,22-23,26H,4-9,20-21H2,1-3H3/b33-23+. The Morgan fingerprint density at radius 1 is 1.00 bits per heavy atom. The molecular formula is C34H38ClN3O2. The summed E-state index contributed by atoms with van der Waals surface area (Å²) in [7, 11) is 0. The number of nitrogens with zero attached hydrogens (tertiary/aromatic N) is 3. The largest absolute Gasteiger partial charge is 0.492 e. The number of hydrogen-bond donors (Lipinski definition) is 0. The van der Waals surface area contributed by atoms with Crippen molar-refractivity contribution in [1.29, 1.82) is 0 Å². The topological polar surface area (TPSA) is 45.1 Å². The minimum absolute atomic E-state index is 0.137. The lowest BCUT2D eigenvalue weighted by atomic mass is 9.84. The number of rotatable bonds is 9. The molecule has 0 unspecified atom stereocenters. The number of aryl methyl sites for hydroxylation is 1. The van der Waals surface area contributed by atoms with Crippen LogP contribution in [0.2, 0.25) is 5.02 Å². The van der Waals surface area contributed by atoms with Gasteiger partial charge in [-0.05, 0) is 111 Å². The Kier molecular flexibility index (Phi) is 8.91. The lowest BCUT2D eigenvalue weighted by Gasteiger charge is -2.24. The van der Waals surface area contributed by atoms with E-state index in [1.54, 1.807) is 24.3 Å². The average Bonchev–Trinajstić information content (AvgIpc) is 3.26. The van der Waals surface area contributed by atoms with Crippen LogP contribution in [0.3, 0.4) is 0 Å². The van der Waals surface area contributed by atoms with Crippen molar-refractivity contribution < 1.29 is 9.53 Å². The van der Waals surface area contributed by atoms with Crippen LogP contribution in [-0.4, -0.2) is 31.3 Å². The number of amides is 1. The van der Waals surface area contributed by atoms with E-state index in [0.29, 0.717) is 34.5 Å². The molecule has 0 radical (unpaired) electrons. The summed E-state index contributed by atoms with van der Waals surface area (Å²) < 4.78 is 6.11. The zero-order valence-corrected chi connectivity index (χ0v) is 24.5. The first kappa shape index (κ1) is 28.0. The van der Waals surface area contributed by atoms with Crippen molar-refractivity contribution in [2.24, 2.45) is 5.10 Å². The fourth-order valence-electron chi connectivity index (χ4n) is 5.63. The quantitative estimate of drug-likeness (QED) is 0.249. The second-order valence-electron chi connectivity index (χ2n) is 10.7. The molecule has 0 N–H and O–H groups in total. The third-order valence-corrected chi connectivity index (χ3v) is 8.27. The van der Waals surface area contributed by atoms with Gasteiger partial charge in [-0.15, -0.1) is 0 Å². The average molecular weight is 556 g/mol. The van der Waals surface area contributed by atoms with Gasteiger partial charge >= 0.3 is 0 Å². The molecule has 0 spiro atoms. The second-order valence-corrected chi connectivity index (χ2v) is 11.1. The van der Waals surface area contributed by atoms with E-state index in [1.807, 2.05) is 13.0 Å². The van der Waals surface area contributed by atoms with Gasteiger partial charge in [0.1, 0.15) is 12.4 Å². The van der Waals surface area contributed by atoms with Gasteiger partial charge in [0, 0.05) is 17.3 Å². The number of likely N-dealkylation sites (N-methyl/N-ethyl adjacent to an activating group) is 1. The van der Waals surface area contributed by atoms with E-state index in [2.05, 4.69) is 66.3 Å². The Hall–Kier alpha value is -3.57. The van der Waals surface area contributed by atoms with Gasteiger partial charge in [0.05, 0.1) is 23.5 Å². The number of halogens is 1. The van der Waals surface area contributed by atoms with Crippen molar-refractivity contribution in [1.82, 2.24) is 0 Å². The van der Waals surface area contributed by atoms with Crippen molar-refractivity contribution in [3.63, 3.8) is 0 Å². The summed E-state index contributed by atoms with van der Waals surface area (Å²) >= 11 is 6.01. The summed E-state index contributed by atoms with van der Waals surface area (Å²) in [4.78, 5) is 15.5. The highest BCUT2D eigenvalue weighted by molar-refractivity contribution is 6.32. The third kappa shape index (κ3) is 6.42. The van der Waals surface area contributed by atoms with E-state index in [1.165, 1.54) is 42.7 Å². The summed E-state index contributed by atoms with van der Waals surface area (Å²) in [6.45, 7) is 8.40. The van der Waals surface area contributed by atoms with Crippen molar-refractivity contribution in [2.75, 3.05) is 29.6 Å². The molecule has 0 bridgehead atoms. The van der Waals surface area contributed by atoms with Gasteiger partial charge < -0.3 is 9.64 Å². The molecule has 3 aromatic rings. The molecule has 1 aliphatic carbocycles. The Morgan fingerprint density at radius 2 is 1.73 bits per heavy atom. The van der Waals surface area contributed by atoms with Crippen molar-refractivity contribution in [3.05, 3.63) is 94.0 Å². The lowest BCUT2D eigenvalue weighted by Crippen LogP contribution is -2.28. The molecule has 0 aromatic heterocycles. The van der Waals surface area contributed by atoms with Crippen LogP contribution in [0, 0.1) is 6.92 Å². The summed E-state index contributed by atoms with van der Waals surface area (Å²) in [5.41, 5.74) is 6.70. The normalized spacial score (nSPS) is 16.9. The number of carbonyl (C=O) groups is 1. The molecule has 1 fully saturated rings. The van der Waals surface area contributed by atoms with Gasteiger partial charge in [0.25, 0.3) is 5.91 Å². The molecule has 2 aliphatic rings. The fourth-order valence-corrected chi connectivity index (χ4v) is 5.76. The van der Waals surface area contributed by atoms with Gasteiger partial charge in [-0.3, -0.25) is 4.79 Å². The van der Waals surface area contributed by atoms with E-state index in [4.69, 9.17) is 16.3 Å². The van der Waals surface area contributed by atoms with Crippen LogP contribution >= 0.6 is 11.6 Å². The maximum Gasteiger partial charge on any atom is 0.280 e. The van der Waals surface area contributed by atoms with Gasteiger partial charge in [-0.2, -0.15) is 10.1 Å². The van der Waals surface area contributed by atoms with Crippen LogP contribution in [0.15, 0.2) is 77.4 Å². The van der Waals surface area contributed by atoms with E-state index >= 15 is 0 Å². The zero-order chi connectivity index (χ0) is 28.1. The molecule has 208 valence electrons. The molecule has 1 amide bonds. The maximum atomic E-state index is 13.2. The van der Waals surface area contributed by atoms with Crippen LogP contribution < -0.4 is 14.6 Å². The van der Waals surface area contributed by atoms with Crippen LogP contribution in [-0.2, 0) is 4.79 Å². The molecule has 1 heterocycles. The monoisotopic (exact) mass is 555 g/mol. The first-order valence-corrected chi connectivity index (χ1v) is 14.8. The molecule has 40 heavy (non-hydrogen) atoms. The van der Waals surface area contributed by atoms with Gasteiger partial charge in [0.15, 0.2) is 0 Å². The molecule has 5 rings (SSSR count). The molecule has 6 heteroatoms. The highest BCUT2D eigenvalue weighted by atomic mass is 35.5. The Labute approximate surface area is 243 Å². The Morgan fingerprint density at radius 3 is 2.40 bits per heavy atom. The van der Waals surface area contributed by atoms with Crippen LogP contribution in [0.1, 0.15) is 68.6 Å². The summed E-state index contributed by atoms with van der Waals surface area (Å²) in [6.07, 6.45) is 8.64. The number of ether oxygens (including phenoxy) is 1. The van der Waals surface area contributed by atoms with E-state index in [9.17, 15) is 4.79 Å². The number of benzene rings is 3. The molecule has 5 nitrogen and oxygen atoms in total. The minimum atomic E-state index is -0.137. The van der Waals surface area contributed by atoms with Crippen molar-refractivity contribution in [3.8, 4) is 5.75 Å². The maximum absolute atomic E-state index is 13.2. The van der Waals surface area contributed by atoms with Crippen LogP contribution in [0.5, 0.6) is 5.75 Å². The molecule has 1 aliphatic heterocycles. The first-order valence-electron chi connectivity index (χ1n) is 14.4. The highest BCUT2D eigenvalue weighted by Gasteiger charge is 2.28. The van der Waals surface area contributed by atoms with E-state index in [0.717, 1.165) is 35.7 Å². The summed E-state index contributed by atoms with van der Waals surface area (Å²) in [6, 6.07) is 22.2. The number of anilines is 2. The Balaban J connectivity index is 1.20.